The van der Waals surface area contributed by atoms with Crippen LogP contribution < -0.4 is 0 Å². The lowest BCUT2D eigenvalue weighted by molar-refractivity contribution is -0.312. The van der Waals surface area contributed by atoms with Gasteiger partial charge in [0.15, 0.2) is 0 Å². The number of hydrogen-bond acceptors (Lipinski definition) is 3. The van der Waals surface area contributed by atoms with Gasteiger partial charge in [0.2, 0.25) is 0 Å². The van der Waals surface area contributed by atoms with E-state index in [-0.39, 0.29) is 28.6 Å². The smallest absolute Gasteiger partial charge is 0.362 e. The average Bonchev–Trinajstić information content (AvgIpc) is 2.82. The summed E-state index contributed by atoms with van der Waals surface area (Å²) in [7, 11) is 0. The number of hydrogen-bond donors (Lipinski definition) is 1. The van der Waals surface area contributed by atoms with Crippen molar-refractivity contribution in [1.82, 2.24) is 5.01 Å². The van der Waals surface area contributed by atoms with Gasteiger partial charge in [-0.3, -0.25) is 4.79 Å². The highest BCUT2D eigenvalue weighted by molar-refractivity contribution is 9.10. The Hall–Kier alpha value is -1.41. The predicted molar refractivity (Wildman–Crippen MR) is 85.3 cm³/mol. The molecular weight excluding hydrogens is 389 g/mol. The molecule has 4 nitrogen and oxygen atoms in total. The van der Waals surface area contributed by atoms with E-state index in [1.807, 2.05) is 0 Å². The molecule has 1 N–H and O–H groups in total. The van der Waals surface area contributed by atoms with Gasteiger partial charge < -0.3 is 5.11 Å². The standard InChI is InChI=1S/C16H16BrF3N2O2/c1-9-4-2-7-12-13(9)21-22(15(12,24)16(18,19)20)14(23)10-5-3-6-11(17)8-10/h3,5-6,8-9,12,24H,2,4,7H2,1H3/t9-,12-,15-/m1/s1. The van der Waals surface area contributed by atoms with Crippen molar-refractivity contribution < 1.29 is 23.1 Å². The molecule has 0 bridgehead atoms. The number of alkyl halides is 3. The molecule has 2 aliphatic rings. The summed E-state index contributed by atoms with van der Waals surface area (Å²) in [6.07, 6.45) is -3.59. The van der Waals surface area contributed by atoms with Crippen molar-refractivity contribution in [3.63, 3.8) is 0 Å². The molecule has 1 heterocycles. The summed E-state index contributed by atoms with van der Waals surface area (Å²) in [4.78, 5) is 12.6. The summed E-state index contributed by atoms with van der Waals surface area (Å²) in [5.74, 6) is -2.37. The number of rotatable bonds is 1. The number of benzene rings is 1. The number of carbonyl (C=O) groups excluding carboxylic acids is 1. The highest BCUT2D eigenvalue weighted by Gasteiger charge is 2.69. The molecule has 130 valence electrons. The molecule has 8 heteroatoms. The SMILES string of the molecule is C[C@@H]1CCC[C@@H]2C1=NN(C(=O)c1cccc(Br)c1)[C@]2(O)C(F)(F)F. The third-order valence-electron chi connectivity index (χ3n) is 4.70. The van der Waals surface area contributed by atoms with Gasteiger partial charge in [-0.2, -0.15) is 23.3 Å². The van der Waals surface area contributed by atoms with E-state index in [0.717, 1.165) is 0 Å². The van der Waals surface area contributed by atoms with Crippen LogP contribution in [0.1, 0.15) is 36.5 Å². The van der Waals surface area contributed by atoms with Gasteiger partial charge in [-0.05, 0) is 37.0 Å². The average molecular weight is 405 g/mol. The molecule has 0 aromatic heterocycles. The fourth-order valence-electron chi connectivity index (χ4n) is 3.44. The molecule has 1 aromatic rings. The highest BCUT2D eigenvalue weighted by atomic mass is 79.9. The second-order valence-corrected chi connectivity index (χ2v) is 7.18. The van der Waals surface area contributed by atoms with E-state index >= 15 is 0 Å². The van der Waals surface area contributed by atoms with E-state index in [2.05, 4.69) is 21.0 Å². The van der Waals surface area contributed by atoms with Crippen molar-refractivity contribution in [2.45, 2.75) is 38.1 Å². The summed E-state index contributed by atoms with van der Waals surface area (Å²) < 4.78 is 41.7. The largest absolute Gasteiger partial charge is 0.439 e. The van der Waals surface area contributed by atoms with Crippen LogP contribution in [-0.2, 0) is 0 Å². The van der Waals surface area contributed by atoms with Gasteiger partial charge in [-0.15, -0.1) is 0 Å². The molecule has 1 saturated carbocycles. The maximum atomic E-state index is 13.7. The van der Waals surface area contributed by atoms with E-state index in [4.69, 9.17) is 0 Å². The van der Waals surface area contributed by atoms with Gasteiger partial charge in [-0.25, -0.2) is 0 Å². The Balaban J connectivity index is 2.08. The Kier molecular flexibility index (Phi) is 4.24. The number of fused-ring (bicyclic) bond motifs is 1. The van der Waals surface area contributed by atoms with Gasteiger partial charge >= 0.3 is 6.18 Å². The normalized spacial score (nSPS) is 30.1. The van der Waals surface area contributed by atoms with Crippen LogP contribution in [0, 0.1) is 11.8 Å². The Morgan fingerprint density at radius 3 is 2.75 bits per heavy atom. The van der Waals surface area contributed by atoms with Crippen LogP contribution in [0.15, 0.2) is 33.8 Å². The maximum Gasteiger partial charge on any atom is 0.439 e. The van der Waals surface area contributed by atoms with Crippen LogP contribution in [0.4, 0.5) is 13.2 Å². The lowest BCUT2D eigenvalue weighted by Gasteiger charge is -2.39. The van der Waals surface area contributed by atoms with Crippen LogP contribution in [-0.4, -0.2) is 33.6 Å². The van der Waals surface area contributed by atoms with Crippen LogP contribution in [0.3, 0.4) is 0 Å². The lowest BCUT2D eigenvalue weighted by Crippen LogP contribution is -2.61. The fourth-order valence-corrected chi connectivity index (χ4v) is 3.84. The monoisotopic (exact) mass is 404 g/mol. The molecule has 3 rings (SSSR count). The van der Waals surface area contributed by atoms with Crippen molar-refractivity contribution in [1.29, 1.82) is 0 Å². The summed E-state index contributed by atoms with van der Waals surface area (Å²) in [6, 6.07) is 6.01. The van der Waals surface area contributed by atoms with Crippen LogP contribution in [0.2, 0.25) is 0 Å². The molecule has 0 saturated heterocycles. The zero-order valence-electron chi connectivity index (χ0n) is 12.8. The minimum Gasteiger partial charge on any atom is -0.362 e. The zero-order valence-corrected chi connectivity index (χ0v) is 14.4. The Bertz CT molecular complexity index is 707. The molecule has 1 amide bonds. The first-order valence-electron chi connectivity index (χ1n) is 7.64. The first-order chi connectivity index (χ1) is 11.2. The maximum absolute atomic E-state index is 13.7. The molecule has 0 spiro atoms. The highest BCUT2D eigenvalue weighted by Crippen LogP contribution is 2.49. The van der Waals surface area contributed by atoms with Crippen molar-refractivity contribution in [3.05, 3.63) is 34.3 Å². The quantitative estimate of drug-likeness (QED) is 0.770. The van der Waals surface area contributed by atoms with E-state index in [1.54, 1.807) is 19.1 Å². The topological polar surface area (TPSA) is 52.9 Å². The van der Waals surface area contributed by atoms with E-state index < -0.39 is 23.7 Å². The summed E-state index contributed by atoms with van der Waals surface area (Å²) in [5.41, 5.74) is -3.01. The van der Waals surface area contributed by atoms with E-state index in [0.29, 0.717) is 17.3 Å². The molecule has 0 radical (unpaired) electrons. The second-order valence-electron chi connectivity index (χ2n) is 6.26. The van der Waals surface area contributed by atoms with Gasteiger partial charge in [0.05, 0.1) is 5.92 Å². The summed E-state index contributed by atoms with van der Waals surface area (Å²) in [5, 5.41) is 14.7. The third-order valence-corrected chi connectivity index (χ3v) is 5.19. The van der Waals surface area contributed by atoms with Gasteiger partial charge in [-0.1, -0.05) is 35.3 Å². The number of hydrazone groups is 1. The number of halogens is 4. The number of amides is 1. The number of nitrogens with zero attached hydrogens (tertiary/aromatic N) is 2. The molecule has 24 heavy (non-hydrogen) atoms. The fraction of sp³-hybridized carbons (Fsp3) is 0.500. The summed E-state index contributed by atoms with van der Waals surface area (Å²) in [6.45, 7) is 1.77. The Morgan fingerprint density at radius 2 is 2.12 bits per heavy atom. The molecule has 0 unspecified atom stereocenters. The van der Waals surface area contributed by atoms with Gasteiger partial charge in [0, 0.05) is 15.7 Å². The van der Waals surface area contributed by atoms with Crippen molar-refractivity contribution >= 4 is 27.5 Å². The molecule has 1 aliphatic carbocycles. The first-order valence-corrected chi connectivity index (χ1v) is 8.43. The van der Waals surface area contributed by atoms with Gasteiger partial charge in [0.1, 0.15) is 0 Å². The van der Waals surface area contributed by atoms with Crippen LogP contribution in [0.5, 0.6) is 0 Å². The van der Waals surface area contributed by atoms with Gasteiger partial charge in [0.25, 0.3) is 11.6 Å². The Labute approximate surface area is 145 Å². The van der Waals surface area contributed by atoms with E-state index in [9.17, 15) is 23.1 Å². The summed E-state index contributed by atoms with van der Waals surface area (Å²) >= 11 is 3.19. The molecule has 1 aliphatic heterocycles. The number of aliphatic hydroxyl groups is 1. The zero-order chi connectivity index (χ0) is 17.7. The van der Waals surface area contributed by atoms with Crippen LogP contribution in [0.25, 0.3) is 0 Å². The molecular formula is C16H16BrF3N2O2. The predicted octanol–water partition coefficient (Wildman–Crippen LogP) is 3.95. The molecule has 3 atom stereocenters. The second kappa shape index (κ2) is 5.84. The van der Waals surface area contributed by atoms with Crippen molar-refractivity contribution in [2.24, 2.45) is 16.9 Å². The van der Waals surface area contributed by atoms with Crippen molar-refractivity contribution in [3.8, 4) is 0 Å². The lowest BCUT2D eigenvalue weighted by atomic mass is 9.75. The molecule has 1 aromatic carbocycles. The first kappa shape index (κ1) is 17.4. The number of carbonyl (C=O) groups is 1. The van der Waals surface area contributed by atoms with Crippen LogP contribution >= 0.6 is 15.9 Å². The minimum absolute atomic E-state index is 0.0303. The third kappa shape index (κ3) is 2.56. The Morgan fingerprint density at radius 1 is 1.42 bits per heavy atom. The minimum atomic E-state index is -5.00. The van der Waals surface area contributed by atoms with Crippen molar-refractivity contribution in [2.75, 3.05) is 0 Å². The van der Waals surface area contributed by atoms with E-state index in [1.165, 1.54) is 12.1 Å². The molecule has 1 fully saturated rings.